The molecule has 0 amide bonds. The lowest BCUT2D eigenvalue weighted by atomic mass is 9.85. The third kappa shape index (κ3) is 1.57. The fourth-order valence-electron chi connectivity index (χ4n) is 1.66. The second-order valence-corrected chi connectivity index (χ2v) is 3.76. The Morgan fingerprint density at radius 2 is 2.46 bits per heavy atom. The first-order valence-corrected chi connectivity index (χ1v) is 4.74. The van der Waals surface area contributed by atoms with E-state index in [1.54, 1.807) is 0 Å². The van der Waals surface area contributed by atoms with Crippen LogP contribution in [0.4, 0.5) is 0 Å². The summed E-state index contributed by atoms with van der Waals surface area (Å²) in [7, 11) is 0. The Bertz CT molecular complexity index is 342. The molecule has 0 radical (unpaired) electrons. The first-order chi connectivity index (χ1) is 6.29. The number of hydrogen-bond donors (Lipinski definition) is 0. The van der Waals surface area contributed by atoms with E-state index in [4.69, 9.17) is 5.26 Å². The Labute approximate surface area is 78.0 Å². The van der Waals surface area contributed by atoms with E-state index in [2.05, 4.69) is 11.2 Å². The molecule has 1 heterocycles. The van der Waals surface area contributed by atoms with Gasteiger partial charge in [0.1, 0.15) is 6.07 Å². The van der Waals surface area contributed by atoms with Gasteiger partial charge in [-0.15, -0.1) is 0 Å². The van der Waals surface area contributed by atoms with Crippen LogP contribution in [0.1, 0.15) is 30.5 Å². The zero-order valence-electron chi connectivity index (χ0n) is 7.82. The van der Waals surface area contributed by atoms with Crippen molar-refractivity contribution in [2.24, 2.45) is 5.92 Å². The van der Waals surface area contributed by atoms with E-state index in [9.17, 15) is 0 Å². The van der Waals surface area contributed by atoms with Crippen LogP contribution in [-0.2, 0) is 6.54 Å². The lowest BCUT2D eigenvalue weighted by Crippen LogP contribution is -2.18. The van der Waals surface area contributed by atoms with Crippen molar-refractivity contribution >= 4 is 0 Å². The number of aryl methyl sites for hydroxylation is 1. The molecule has 1 fully saturated rings. The molecule has 0 unspecified atom stereocenters. The molecule has 3 nitrogen and oxygen atoms in total. The SMILES string of the molecule is Cc1nn(CC2CCC2)cc1C#N. The molecule has 0 aromatic carbocycles. The minimum atomic E-state index is 0.708. The maximum Gasteiger partial charge on any atom is 0.103 e. The van der Waals surface area contributed by atoms with Gasteiger partial charge in [-0.25, -0.2) is 0 Å². The van der Waals surface area contributed by atoms with E-state index >= 15 is 0 Å². The minimum Gasteiger partial charge on any atom is -0.271 e. The van der Waals surface area contributed by atoms with Crippen molar-refractivity contribution in [1.29, 1.82) is 5.26 Å². The largest absolute Gasteiger partial charge is 0.271 e. The molecule has 3 heteroatoms. The molecular formula is C10H13N3. The maximum absolute atomic E-state index is 8.73. The first-order valence-electron chi connectivity index (χ1n) is 4.74. The van der Waals surface area contributed by atoms with E-state index in [0.717, 1.165) is 18.2 Å². The average molecular weight is 175 g/mol. The highest BCUT2D eigenvalue weighted by Crippen LogP contribution is 2.27. The molecular weight excluding hydrogens is 162 g/mol. The molecule has 13 heavy (non-hydrogen) atoms. The summed E-state index contributed by atoms with van der Waals surface area (Å²) in [5.41, 5.74) is 1.56. The molecule has 0 atom stereocenters. The van der Waals surface area contributed by atoms with E-state index in [-0.39, 0.29) is 0 Å². The van der Waals surface area contributed by atoms with Crippen LogP contribution in [0.2, 0.25) is 0 Å². The molecule has 0 aliphatic heterocycles. The summed E-state index contributed by atoms with van der Waals surface area (Å²) in [4.78, 5) is 0. The van der Waals surface area contributed by atoms with Crippen molar-refractivity contribution in [1.82, 2.24) is 9.78 Å². The lowest BCUT2D eigenvalue weighted by molar-refractivity contribution is 0.266. The average Bonchev–Trinajstić information content (AvgIpc) is 2.39. The van der Waals surface area contributed by atoms with Gasteiger partial charge in [-0.1, -0.05) is 6.42 Å². The third-order valence-corrected chi connectivity index (χ3v) is 2.74. The highest BCUT2D eigenvalue weighted by molar-refractivity contribution is 5.29. The molecule has 1 aliphatic carbocycles. The van der Waals surface area contributed by atoms with Crippen LogP contribution in [0.5, 0.6) is 0 Å². The van der Waals surface area contributed by atoms with Crippen molar-refractivity contribution in [3.8, 4) is 6.07 Å². The molecule has 0 N–H and O–H groups in total. The van der Waals surface area contributed by atoms with Gasteiger partial charge in [-0.05, 0) is 25.7 Å². The monoisotopic (exact) mass is 175 g/mol. The zero-order chi connectivity index (χ0) is 9.26. The van der Waals surface area contributed by atoms with Gasteiger partial charge >= 0.3 is 0 Å². The first kappa shape index (κ1) is 8.31. The summed E-state index contributed by atoms with van der Waals surface area (Å²) >= 11 is 0. The zero-order valence-corrected chi connectivity index (χ0v) is 7.82. The number of nitriles is 1. The minimum absolute atomic E-state index is 0.708. The predicted molar refractivity (Wildman–Crippen MR) is 49.0 cm³/mol. The van der Waals surface area contributed by atoms with Gasteiger partial charge in [0.05, 0.1) is 11.3 Å². The summed E-state index contributed by atoms with van der Waals surface area (Å²) in [5, 5.41) is 13.0. The molecule has 2 rings (SSSR count). The quantitative estimate of drug-likeness (QED) is 0.688. The lowest BCUT2D eigenvalue weighted by Gasteiger charge is -2.24. The fourth-order valence-corrected chi connectivity index (χ4v) is 1.66. The molecule has 68 valence electrons. The van der Waals surface area contributed by atoms with Gasteiger partial charge in [0.25, 0.3) is 0 Å². The van der Waals surface area contributed by atoms with E-state index in [1.807, 2.05) is 17.8 Å². The topological polar surface area (TPSA) is 41.6 Å². The van der Waals surface area contributed by atoms with Gasteiger partial charge in [0.2, 0.25) is 0 Å². The summed E-state index contributed by atoms with van der Waals surface area (Å²) in [6, 6.07) is 2.14. The fraction of sp³-hybridized carbons (Fsp3) is 0.600. The molecule has 0 spiro atoms. The third-order valence-electron chi connectivity index (χ3n) is 2.74. The molecule has 1 aliphatic rings. The van der Waals surface area contributed by atoms with Gasteiger partial charge < -0.3 is 0 Å². The molecule has 1 saturated carbocycles. The normalized spacial score (nSPS) is 16.6. The highest BCUT2D eigenvalue weighted by atomic mass is 15.3. The Morgan fingerprint density at radius 3 is 2.92 bits per heavy atom. The predicted octanol–water partition coefficient (Wildman–Crippen LogP) is 1.86. The Hall–Kier alpha value is -1.30. The van der Waals surface area contributed by atoms with Crippen molar-refractivity contribution < 1.29 is 0 Å². The second kappa shape index (κ2) is 3.21. The molecule has 0 saturated heterocycles. The van der Waals surface area contributed by atoms with E-state index < -0.39 is 0 Å². The smallest absolute Gasteiger partial charge is 0.103 e. The number of nitrogens with zero attached hydrogens (tertiary/aromatic N) is 3. The summed E-state index contributed by atoms with van der Waals surface area (Å²) < 4.78 is 1.91. The summed E-state index contributed by atoms with van der Waals surface area (Å²) in [6.45, 7) is 2.87. The van der Waals surface area contributed by atoms with Crippen LogP contribution in [0.25, 0.3) is 0 Å². The number of aromatic nitrogens is 2. The Kier molecular flexibility index (Phi) is 2.05. The van der Waals surface area contributed by atoms with Gasteiger partial charge in [0.15, 0.2) is 0 Å². The van der Waals surface area contributed by atoms with Crippen molar-refractivity contribution in [2.75, 3.05) is 0 Å². The van der Waals surface area contributed by atoms with Crippen LogP contribution in [0.15, 0.2) is 6.20 Å². The van der Waals surface area contributed by atoms with Gasteiger partial charge in [-0.2, -0.15) is 10.4 Å². The Morgan fingerprint density at radius 1 is 1.69 bits per heavy atom. The summed E-state index contributed by atoms with van der Waals surface area (Å²) in [6.07, 6.45) is 5.85. The summed E-state index contributed by atoms with van der Waals surface area (Å²) in [5.74, 6) is 0.797. The van der Waals surface area contributed by atoms with E-state index in [1.165, 1.54) is 19.3 Å². The molecule has 1 aromatic heterocycles. The molecule has 0 bridgehead atoms. The van der Waals surface area contributed by atoms with Crippen LogP contribution in [0, 0.1) is 24.2 Å². The second-order valence-electron chi connectivity index (χ2n) is 3.76. The maximum atomic E-state index is 8.73. The van der Waals surface area contributed by atoms with Crippen LogP contribution < -0.4 is 0 Å². The van der Waals surface area contributed by atoms with E-state index in [0.29, 0.717) is 5.56 Å². The standard InChI is InChI=1S/C10H13N3/c1-8-10(5-11)7-13(12-8)6-9-3-2-4-9/h7,9H,2-4,6H2,1H3. The van der Waals surface area contributed by atoms with Crippen molar-refractivity contribution in [3.05, 3.63) is 17.5 Å². The van der Waals surface area contributed by atoms with Gasteiger partial charge in [0, 0.05) is 12.7 Å². The Balaban J connectivity index is 2.08. The number of hydrogen-bond acceptors (Lipinski definition) is 2. The van der Waals surface area contributed by atoms with Gasteiger partial charge in [-0.3, -0.25) is 4.68 Å². The van der Waals surface area contributed by atoms with Crippen molar-refractivity contribution in [3.63, 3.8) is 0 Å². The number of rotatable bonds is 2. The van der Waals surface area contributed by atoms with Crippen molar-refractivity contribution in [2.45, 2.75) is 32.7 Å². The van der Waals surface area contributed by atoms with Crippen LogP contribution in [-0.4, -0.2) is 9.78 Å². The highest BCUT2D eigenvalue weighted by Gasteiger charge is 2.18. The van der Waals surface area contributed by atoms with Crippen LogP contribution >= 0.6 is 0 Å². The van der Waals surface area contributed by atoms with Crippen LogP contribution in [0.3, 0.4) is 0 Å². The molecule has 1 aromatic rings.